The van der Waals surface area contributed by atoms with Gasteiger partial charge in [-0.2, -0.15) is 8.42 Å². The van der Waals surface area contributed by atoms with Crippen LogP contribution in [0.5, 0.6) is 5.75 Å². The molecule has 1 unspecified atom stereocenters. The average Bonchev–Trinajstić information content (AvgIpc) is 2.69. The highest BCUT2D eigenvalue weighted by atomic mass is 79.9. The lowest BCUT2D eigenvalue weighted by atomic mass is 10.0. The fourth-order valence-electron chi connectivity index (χ4n) is 2.80. The summed E-state index contributed by atoms with van der Waals surface area (Å²) in [4.78, 5) is 0.0881. The minimum Gasteiger partial charge on any atom is -0.494 e. The maximum absolute atomic E-state index is 13.0. The maximum atomic E-state index is 13.0. The van der Waals surface area contributed by atoms with Crippen molar-refractivity contribution in [1.82, 2.24) is 0 Å². The number of hydrogen-bond donors (Lipinski definition) is 0. The zero-order valence-electron chi connectivity index (χ0n) is 15.9. The highest BCUT2D eigenvalue weighted by molar-refractivity contribution is 9.10. The molecule has 0 aliphatic heterocycles. The largest absolute Gasteiger partial charge is 0.494 e. The molecule has 0 saturated heterocycles. The van der Waals surface area contributed by atoms with Crippen molar-refractivity contribution in [2.45, 2.75) is 24.8 Å². The van der Waals surface area contributed by atoms with E-state index in [1.165, 1.54) is 12.1 Å². The van der Waals surface area contributed by atoms with Gasteiger partial charge in [0.25, 0.3) is 10.1 Å². The summed E-state index contributed by atoms with van der Waals surface area (Å²) >= 11 is 9.82. The van der Waals surface area contributed by atoms with Crippen molar-refractivity contribution in [3.05, 3.63) is 92.9 Å². The van der Waals surface area contributed by atoms with Crippen molar-refractivity contribution in [3.8, 4) is 5.75 Å². The Morgan fingerprint density at radius 1 is 1.00 bits per heavy atom. The van der Waals surface area contributed by atoms with Gasteiger partial charge in [0, 0.05) is 15.1 Å². The van der Waals surface area contributed by atoms with Gasteiger partial charge in [-0.15, -0.1) is 0 Å². The second-order valence-corrected chi connectivity index (χ2v) is 9.31. The van der Waals surface area contributed by atoms with Crippen molar-refractivity contribution in [1.29, 1.82) is 0 Å². The molecule has 0 fully saturated rings. The molecule has 152 valence electrons. The molecular weight excluding hydrogens is 476 g/mol. The van der Waals surface area contributed by atoms with Crippen LogP contribution in [0.4, 0.5) is 0 Å². The molecule has 3 rings (SSSR count). The molecule has 29 heavy (non-hydrogen) atoms. The molecule has 0 heterocycles. The molecule has 0 amide bonds. The van der Waals surface area contributed by atoms with Crippen LogP contribution >= 0.6 is 27.5 Å². The van der Waals surface area contributed by atoms with Gasteiger partial charge < -0.3 is 4.74 Å². The minimum atomic E-state index is -4.03. The Hall–Kier alpha value is -1.86. The predicted octanol–water partition coefficient (Wildman–Crippen LogP) is 6.30. The summed E-state index contributed by atoms with van der Waals surface area (Å²) in [5.74, 6) is 0.691. The second-order valence-electron chi connectivity index (χ2n) is 6.41. The van der Waals surface area contributed by atoms with E-state index in [-0.39, 0.29) is 4.90 Å². The Balaban J connectivity index is 2.05. The zero-order valence-corrected chi connectivity index (χ0v) is 19.1. The number of hydrogen-bond acceptors (Lipinski definition) is 4. The van der Waals surface area contributed by atoms with E-state index in [1.54, 1.807) is 54.6 Å². The van der Waals surface area contributed by atoms with Gasteiger partial charge in [0.1, 0.15) is 11.9 Å². The molecule has 0 bridgehead atoms. The lowest BCUT2D eigenvalue weighted by molar-refractivity contribution is 0.253. The predicted molar refractivity (Wildman–Crippen MR) is 118 cm³/mol. The molecule has 0 aromatic heterocycles. The molecule has 0 saturated carbocycles. The first-order valence-corrected chi connectivity index (χ1v) is 11.6. The Kier molecular flexibility index (Phi) is 7.01. The van der Waals surface area contributed by atoms with Crippen LogP contribution in [0.25, 0.3) is 0 Å². The summed E-state index contributed by atoms with van der Waals surface area (Å²) in [7, 11) is -4.03. The van der Waals surface area contributed by atoms with Crippen LogP contribution in [0.1, 0.15) is 29.7 Å². The lowest BCUT2D eigenvalue weighted by Crippen LogP contribution is -2.14. The SMILES string of the molecule is CCOc1ccc(C(OS(=O)(=O)c2ccc(C)cc2)c2cc(Br)ccc2Cl)cc1. The third kappa shape index (κ3) is 5.39. The van der Waals surface area contributed by atoms with E-state index in [4.69, 9.17) is 20.5 Å². The van der Waals surface area contributed by atoms with Gasteiger partial charge in [0.05, 0.1) is 11.5 Å². The summed E-state index contributed by atoms with van der Waals surface area (Å²) < 4.78 is 37.9. The summed E-state index contributed by atoms with van der Waals surface area (Å²) in [5.41, 5.74) is 2.15. The van der Waals surface area contributed by atoms with Gasteiger partial charge in [0.2, 0.25) is 0 Å². The number of rotatable bonds is 7. The third-order valence-corrected chi connectivity index (χ3v) is 6.40. The van der Waals surface area contributed by atoms with Crippen LogP contribution < -0.4 is 4.74 Å². The number of halogens is 2. The van der Waals surface area contributed by atoms with E-state index < -0.39 is 16.2 Å². The monoisotopic (exact) mass is 494 g/mol. The molecule has 0 spiro atoms. The van der Waals surface area contributed by atoms with Crippen LogP contribution in [0.15, 0.2) is 76.1 Å². The molecule has 3 aromatic rings. The Morgan fingerprint density at radius 2 is 1.66 bits per heavy atom. The van der Waals surface area contributed by atoms with E-state index in [1.807, 2.05) is 13.8 Å². The summed E-state index contributed by atoms with van der Waals surface area (Å²) in [6.45, 7) is 4.33. The standard InChI is InChI=1S/C22H20BrClO4S/c1-3-27-18-9-6-16(7-10-18)22(20-14-17(23)8-13-21(20)24)28-29(25,26)19-11-4-15(2)5-12-19/h4-14,22H,3H2,1-2H3. The van der Waals surface area contributed by atoms with Crippen LogP contribution in [0, 0.1) is 6.92 Å². The number of benzene rings is 3. The number of aryl methyl sites for hydroxylation is 1. The minimum absolute atomic E-state index is 0.0881. The smallest absolute Gasteiger partial charge is 0.297 e. The van der Waals surface area contributed by atoms with Crippen LogP contribution in [0.2, 0.25) is 5.02 Å². The Labute approximate surface area is 184 Å². The van der Waals surface area contributed by atoms with E-state index in [0.29, 0.717) is 28.5 Å². The first kappa shape index (κ1) is 21.8. The van der Waals surface area contributed by atoms with Crippen LogP contribution in [0.3, 0.4) is 0 Å². The van der Waals surface area contributed by atoms with Gasteiger partial charge in [-0.05, 0) is 61.9 Å². The zero-order chi connectivity index (χ0) is 21.0. The van der Waals surface area contributed by atoms with E-state index >= 15 is 0 Å². The fourth-order valence-corrected chi connectivity index (χ4v) is 4.44. The summed E-state index contributed by atoms with van der Waals surface area (Å²) in [5, 5.41) is 0.409. The highest BCUT2D eigenvalue weighted by Gasteiger charge is 2.26. The van der Waals surface area contributed by atoms with E-state index in [0.717, 1.165) is 10.0 Å². The first-order chi connectivity index (χ1) is 13.8. The lowest BCUT2D eigenvalue weighted by Gasteiger charge is -2.20. The number of ether oxygens (including phenoxy) is 1. The molecule has 7 heteroatoms. The van der Waals surface area contributed by atoms with Crippen molar-refractivity contribution in [3.63, 3.8) is 0 Å². The normalized spacial score (nSPS) is 12.6. The molecule has 0 aliphatic carbocycles. The van der Waals surface area contributed by atoms with Gasteiger partial charge in [-0.3, -0.25) is 4.18 Å². The molecule has 0 radical (unpaired) electrons. The maximum Gasteiger partial charge on any atom is 0.297 e. The van der Waals surface area contributed by atoms with Crippen molar-refractivity contribution < 1.29 is 17.3 Å². The quantitative estimate of drug-likeness (QED) is 0.361. The molecular formula is C22H20BrClO4S. The van der Waals surface area contributed by atoms with Crippen molar-refractivity contribution in [2.24, 2.45) is 0 Å². The average molecular weight is 496 g/mol. The first-order valence-electron chi connectivity index (χ1n) is 8.98. The van der Waals surface area contributed by atoms with E-state index in [9.17, 15) is 8.42 Å². The Bertz CT molecular complexity index is 1080. The van der Waals surface area contributed by atoms with Crippen LogP contribution in [-0.4, -0.2) is 15.0 Å². The van der Waals surface area contributed by atoms with E-state index in [2.05, 4.69) is 15.9 Å². The molecule has 1 atom stereocenters. The molecule has 0 aliphatic rings. The summed E-state index contributed by atoms with van der Waals surface area (Å²) in [6, 6.07) is 18.9. The van der Waals surface area contributed by atoms with Gasteiger partial charge in [-0.25, -0.2) is 0 Å². The van der Waals surface area contributed by atoms with Crippen molar-refractivity contribution in [2.75, 3.05) is 6.61 Å². The second kappa shape index (κ2) is 9.30. The van der Waals surface area contributed by atoms with Gasteiger partial charge in [-0.1, -0.05) is 57.4 Å². The summed E-state index contributed by atoms with van der Waals surface area (Å²) in [6.07, 6.45) is -0.915. The van der Waals surface area contributed by atoms with Crippen LogP contribution in [-0.2, 0) is 14.3 Å². The van der Waals surface area contributed by atoms with Gasteiger partial charge >= 0.3 is 0 Å². The molecule has 3 aromatic carbocycles. The highest BCUT2D eigenvalue weighted by Crippen LogP contribution is 2.36. The van der Waals surface area contributed by atoms with Gasteiger partial charge in [0.15, 0.2) is 0 Å². The third-order valence-electron chi connectivity index (χ3n) is 4.27. The fraction of sp³-hybridized carbons (Fsp3) is 0.182. The van der Waals surface area contributed by atoms with Crippen molar-refractivity contribution >= 4 is 37.6 Å². The molecule has 0 N–H and O–H groups in total. The molecule has 4 nitrogen and oxygen atoms in total. The topological polar surface area (TPSA) is 52.6 Å². The Morgan fingerprint density at radius 3 is 2.28 bits per heavy atom.